The predicted octanol–water partition coefficient (Wildman–Crippen LogP) is 1.33. The fraction of sp³-hybridized carbons (Fsp3) is 0.476. The number of hydrogen-bond donors (Lipinski definition) is 2. The second-order valence-corrected chi connectivity index (χ2v) is 8.76. The Morgan fingerprint density at radius 3 is 2.59 bits per heavy atom. The van der Waals surface area contributed by atoms with E-state index < -0.39 is 5.91 Å². The van der Waals surface area contributed by atoms with Crippen LogP contribution in [0.5, 0.6) is 5.75 Å². The van der Waals surface area contributed by atoms with E-state index in [9.17, 15) is 14.4 Å². The van der Waals surface area contributed by atoms with Gasteiger partial charge in [-0.05, 0) is 51.2 Å². The summed E-state index contributed by atoms with van der Waals surface area (Å²) in [6.45, 7) is 2.21. The fourth-order valence-corrected chi connectivity index (χ4v) is 4.02. The number of hydrogen-bond acceptors (Lipinski definition) is 8. The Labute approximate surface area is 190 Å². The third-order valence-corrected chi connectivity index (χ3v) is 6.00. The number of ether oxygens (including phenoxy) is 1. The van der Waals surface area contributed by atoms with E-state index in [-0.39, 0.29) is 27.7 Å². The van der Waals surface area contributed by atoms with Crippen molar-refractivity contribution in [2.45, 2.75) is 12.8 Å². The highest BCUT2D eigenvalue weighted by molar-refractivity contribution is 7.15. The molecule has 1 fully saturated rings. The molecule has 11 heteroatoms. The average molecular weight is 461 g/mol. The number of amides is 3. The van der Waals surface area contributed by atoms with Gasteiger partial charge in [0.05, 0.1) is 13.0 Å². The summed E-state index contributed by atoms with van der Waals surface area (Å²) in [5, 5.41) is 13.7. The zero-order valence-corrected chi connectivity index (χ0v) is 19.3. The lowest BCUT2D eigenvalue weighted by molar-refractivity contribution is -0.126. The maximum absolute atomic E-state index is 12.9. The number of aromatic nitrogens is 2. The third kappa shape index (κ3) is 6.24. The molecule has 1 aromatic carbocycles. The maximum atomic E-state index is 12.9. The largest absolute Gasteiger partial charge is 0.497 e. The molecule has 10 nitrogen and oxygen atoms in total. The van der Waals surface area contributed by atoms with Gasteiger partial charge >= 0.3 is 0 Å². The van der Waals surface area contributed by atoms with Crippen LogP contribution in [0.2, 0.25) is 0 Å². The van der Waals surface area contributed by atoms with E-state index in [2.05, 4.69) is 20.8 Å². The van der Waals surface area contributed by atoms with Crippen LogP contribution in [-0.4, -0.2) is 85.1 Å². The number of carbonyl (C=O) groups excluding carboxylic acids is 3. The minimum atomic E-state index is -0.441. The monoisotopic (exact) mass is 460 g/mol. The van der Waals surface area contributed by atoms with E-state index in [0.29, 0.717) is 31.1 Å². The summed E-state index contributed by atoms with van der Waals surface area (Å²) < 4.78 is 5.09. The van der Waals surface area contributed by atoms with Crippen LogP contribution >= 0.6 is 11.3 Å². The van der Waals surface area contributed by atoms with Gasteiger partial charge in [0.2, 0.25) is 15.9 Å². The first-order valence-corrected chi connectivity index (χ1v) is 11.2. The van der Waals surface area contributed by atoms with E-state index >= 15 is 0 Å². The van der Waals surface area contributed by atoms with E-state index in [1.807, 2.05) is 19.0 Å². The third-order valence-electron chi connectivity index (χ3n) is 5.09. The first-order chi connectivity index (χ1) is 15.4. The lowest BCUT2D eigenvalue weighted by Crippen LogP contribution is -2.46. The summed E-state index contributed by atoms with van der Waals surface area (Å²) in [6.07, 6.45) is 1.48. The van der Waals surface area contributed by atoms with Crippen LogP contribution in [0.3, 0.4) is 0 Å². The molecule has 0 aliphatic carbocycles. The zero-order chi connectivity index (χ0) is 23.1. The number of anilines is 1. The van der Waals surface area contributed by atoms with Crippen LogP contribution in [0.15, 0.2) is 24.3 Å². The van der Waals surface area contributed by atoms with E-state index in [1.165, 1.54) is 0 Å². The van der Waals surface area contributed by atoms with Crippen LogP contribution in [0.25, 0.3) is 0 Å². The number of likely N-dealkylation sites (tertiary alicyclic amines) is 1. The molecular formula is C21H28N6O4S. The lowest BCUT2D eigenvalue weighted by Gasteiger charge is -2.31. The number of piperidine rings is 1. The molecule has 2 heterocycles. The van der Waals surface area contributed by atoms with Crippen molar-refractivity contribution in [1.82, 2.24) is 25.3 Å². The van der Waals surface area contributed by atoms with Crippen molar-refractivity contribution in [2.75, 3.05) is 52.7 Å². The van der Waals surface area contributed by atoms with Gasteiger partial charge in [0, 0.05) is 31.9 Å². The molecule has 0 bridgehead atoms. The number of methoxy groups -OCH3 is 1. The summed E-state index contributed by atoms with van der Waals surface area (Å²) in [5.74, 6) is -0.361. The fourth-order valence-electron chi connectivity index (χ4n) is 3.32. The lowest BCUT2D eigenvalue weighted by atomic mass is 9.97. The number of rotatable bonds is 8. The first-order valence-electron chi connectivity index (χ1n) is 10.4. The van der Waals surface area contributed by atoms with Gasteiger partial charge in [0.1, 0.15) is 5.75 Å². The second-order valence-electron chi connectivity index (χ2n) is 7.78. The van der Waals surface area contributed by atoms with Crippen molar-refractivity contribution in [1.29, 1.82) is 0 Å². The summed E-state index contributed by atoms with van der Waals surface area (Å²) in [5.41, 5.74) is 0.582. The van der Waals surface area contributed by atoms with Crippen LogP contribution in [0, 0.1) is 5.92 Å². The van der Waals surface area contributed by atoms with Gasteiger partial charge < -0.3 is 25.2 Å². The standard InChI is InChI=1S/C21H28N6O4S/c1-26(2)12-10-22-17(28)14-5-4-11-27(13-14)21(30)20-25-24-19(32-20)18(29)23-15-6-8-16(31-3)9-7-15/h6-9,14H,4-5,10-13H2,1-3H3,(H,22,28)(H,23,29). The highest BCUT2D eigenvalue weighted by Gasteiger charge is 2.30. The Hall–Kier alpha value is -3.05. The molecule has 3 amide bonds. The highest BCUT2D eigenvalue weighted by Crippen LogP contribution is 2.21. The molecule has 1 saturated heterocycles. The molecule has 1 aromatic heterocycles. The van der Waals surface area contributed by atoms with Gasteiger partial charge in [0.25, 0.3) is 11.8 Å². The molecule has 32 heavy (non-hydrogen) atoms. The van der Waals surface area contributed by atoms with Crippen LogP contribution in [-0.2, 0) is 4.79 Å². The molecule has 0 radical (unpaired) electrons. The summed E-state index contributed by atoms with van der Waals surface area (Å²) in [4.78, 5) is 41.4. The molecule has 1 aliphatic heterocycles. The molecule has 0 saturated carbocycles. The Kier molecular flexibility index (Phi) is 8.12. The van der Waals surface area contributed by atoms with Gasteiger partial charge in [-0.2, -0.15) is 0 Å². The molecule has 0 spiro atoms. The van der Waals surface area contributed by atoms with Crippen molar-refractivity contribution >= 4 is 34.7 Å². The van der Waals surface area contributed by atoms with E-state index in [1.54, 1.807) is 36.3 Å². The normalized spacial score (nSPS) is 16.0. The molecule has 2 aromatic rings. The summed E-state index contributed by atoms with van der Waals surface area (Å²) >= 11 is 0.940. The second kappa shape index (κ2) is 11.0. The molecule has 3 rings (SSSR count). The zero-order valence-electron chi connectivity index (χ0n) is 18.5. The van der Waals surface area contributed by atoms with Crippen molar-refractivity contribution in [2.24, 2.45) is 5.92 Å². The summed E-state index contributed by atoms with van der Waals surface area (Å²) in [7, 11) is 5.46. The number of nitrogens with one attached hydrogen (secondary N) is 2. The van der Waals surface area contributed by atoms with Gasteiger partial charge in [0.15, 0.2) is 0 Å². The highest BCUT2D eigenvalue weighted by atomic mass is 32.1. The van der Waals surface area contributed by atoms with E-state index in [4.69, 9.17) is 4.74 Å². The van der Waals surface area contributed by atoms with Crippen molar-refractivity contribution in [3.63, 3.8) is 0 Å². The SMILES string of the molecule is COc1ccc(NC(=O)c2nnc(C(=O)N3CCCC(C(=O)NCCN(C)C)C3)s2)cc1. The molecule has 1 atom stereocenters. The number of carbonyl (C=O) groups is 3. The quantitative estimate of drug-likeness (QED) is 0.610. The van der Waals surface area contributed by atoms with Gasteiger partial charge in [-0.25, -0.2) is 0 Å². The smallest absolute Gasteiger partial charge is 0.286 e. The van der Waals surface area contributed by atoms with Crippen LogP contribution in [0.1, 0.15) is 32.4 Å². The summed E-state index contributed by atoms with van der Waals surface area (Å²) in [6, 6.07) is 6.88. The maximum Gasteiger partial charge on any atom is 0.286 e. The number of nitrogens with zero attached hydrogens (tertiary/aromatic N) is 4. The predicted molar refractivity (Wildman–Crippen MR) is 121 cm³/mol. The average Bonchev–Trinajstić information content (AvgIpc) is 3.29. The molecule has 172 valence electrons. The Morgan fingerprint density at radius 1 is 1.19 bits per heavy atom. The Balaban J connectivity index is 1.57. The topological polar surface area (TPSA) is 117 Å². The van der Waals surface area contributed by atoms with Crippen molar-refractivity contribution < 1.29 is 19.1 Å². The molecule has 1 aliphatic rings. The van der Waals surface area contributed by atoms with Gasteiger partial charge in [-0.15, -0.1) is 10.2 Å². The molecular weight excluding hydrogens is 432 g/mol. The molecule has 1 unspecified atom stereocenters. The number of likely N-dealkylation sites (N-methyl/N-ethyl adjacent to an activating group) is 1. The molecule has 2 N–H and O–H groups in total. The van der Waals surface area contributed by atoms with Crippen LogP contribution in [0.4, 0.5) is 5.69 Å². The minimum Gasteiger partial charge on any atom is -0.497 e. The minimum absolute atomic E-state index is 0.0406. The van der Waals surface area contributed by atoms with Crippen molar-refractivity contribution in [3.05, 3.63) is 34.3 Å². The van der Waals surface area contributed by atoms with Crippen LogP contribution < -0.4 is 15.4 Å². The van der Waals surface area contributed by atoms with Gasteiger partial charge in [-0.1, -0.05) is 11.3 Å². The Morgan fingerprint density at radius 2 is 1.91 bits per heavy atom. The first kappa shape index (κ1) is 23.6. The Bertz CT molecular complexity index is 946. The van der Waals surface area contributed by atoms with Crippen molar-refractivity contribution in [3.8, 4) is 5.75 Å². The van der Waals surface area contributed by atoms with E-state index in [0.717, 1.165) is 30.7 Å². The number of benzene rings is 1. The van der Waals surface area contributed by atoms with Gasteiger partial charge in [-0.3, -0.25) is 14.4 Å².